The highest BCUT2D eigenvalue weighted by molar-refractivity contribution is 5.81. The SMILES string of the molecule is C=CC(=O)OC(C)C(CCC)C(=O)O. The lowest BCUT2D eigenvalue weighted by Gasteiger charge is -2.19. The second kappa shape index (κ2) is 6.18. The monoisotopic (exact) mass is 200 g/mol. The van der Waals surface area contributed by atoms with E-state index in [4.69, 9.17) is 9.84 Å². The van der Waals surface area contributed by atoms with E-state index in [1.165, 1.54) is 0 Å². The summed E-state index contributed by atoms with van der Waals surface area (Å²) in [4.78, 5) is 21.6. The fourth-order valence-corrected chi connectivity index (χ4v) is 1.18. The third-order valence-electron chi connectivity index (χ3n) is 1.95. The highest BCUT2D eigenvalue weighted by Gasteiger charge is 2.26. The molecule has 0 aromatic heterocycles. The molecule has 0 aromatic rings. The van der Waals surface area contributed by atoms with Gasteiger partial charge in [-0.1, -0.05) is 19.9 Å². The number of carbonyl (C=O) groups is 2. The number of carboxylic acids is 1. The van der Waals surface area contributed by atoms with Gasteiger partial charge in [0.05, 0.1) is 5.92 Å². The molecule has 0 heterocycles. The average Bonchev–Trinajstić information content (AvgIpc) is 2.13. The molecule has 2 atom stereocenters. The van der Waals surface area contributed by atoms with E-state index in [9.17, 15) is 9.59 Å². The van der Waals surface area contributed by atoms with Gasteiger partial charge in [0.25, 0.3) is 0 Å². The Balaban J connectivity index is 4.27. The Bertz CT molecular complexity index is 222. The zero-order valence-electron chi connectivity index (χ0n) is 8.53. The molecule has 0 spiro atoms. The molecule has 1 N–H and O–H groups in total. The number of carbonyl (C=O) groups excluding carboxylic acids is 1. The van der Waals surface area contributed by atoms with E-state index in [1.807, 2.05) is 6.92 Å². The summed E-state index contributed by atoms with van der Waals surface area (Å²) in [7, 11) is 0. The Labute approximate surface area is 83.6 Å². The quantitative estimate of drug-likeness (QED) is 0.522. The molecule has 0 amide bonds. The number of esters is 1. The van der Waals surface area contributed by atoms with Crippen molar-refractivity contribution in [1.29, 1.82) is 0 Å². The number of carboxylic acid groups (broad SMARTS) is 1. The summed E-state index contributed by atoms with van der Waals surface area (Å²) >= 11 is 0. The van der Waals surface area contributed by atoms with Crippen molar-refractivity contribution in [3.8, 4) is 0 Å². The molecular weight excluding hydrogens is 184 g/mol. The predicted octanol–water partition coefficient (Wildman–Crippen LogP) is 1.60. The molecule has 0 saturated heterocycles. The summed E-state index contributed by atoms with van der Waals surface area (Å²) in [5.41, 5.74) is 0. The van der Waals surface area contributed by atoms with Crippen molar-refractivity contribution in [2.45, 2.75) is 32.8 Å². The van der Waals surface area contributed by atoms with Gasteiger partial charge in [0.1, 0.15) is 6.10 Å². The van der Waals surface area contributed by atoms with Crippen molar-refractivity contribution < 1.29 is 19.4 Å². The van der Waals surface area contributed by atoms with E-state index >= 15 is 0 Å². The number of aliphatic carboxylic acids is 1. The Hall–Kier alpha value is -1.32. The molecule has 14 heavy (non-hydrogen) atoms. The fourth-order valence-electron chi connectivity index (χ4n) is 1.18. The number of rotatable bonds is 6. The van der Waals surface area contributed by atoms with Gasteiger partial charge in [-0.05, 0) is 13.3 Å². The van der Waals surface area contributed by atoms with Crippen LogP contribution in [0.3, 0.4) is 0 Å². The van der Waals surface area contributed by atoms with Crippen LogP contribution in [0.1, 0.15) is 26.7 Å². The lowest BCUT2D eigenvalue weighted by molar-refractivity contribution is -0.154. The summed E-state index contributed by atoms with van der Waals surface area (Å²) in [6.45, 7) is 6.71. The van der Waals surface area contributed by atoms with Crippen LogP contribution in [0.5, 0.6) is 0 Å². The van der Waals surface area contributed by atoms with E-state index in [2.05, 4.69) is 6.58 Å². The molecule has 0 saturated carbocycles. The smallest absolute Gasteiger partial charge is 0.330 e. The third kappa shape index (κ3) is 4.07. The maximum absolute atomic E-state index is 10.8. The van der Waals surface area contributed by atoms with Crippen LogP contribution in [0.25, 0.3) is 0 Å². The molecule has 4 heteroatoms. The minimum atomic E-state index is -0.934. The molecule has 0 aromatic carbocycles. The maximum atomic E-state index is 10.8. The number of ether oxygens (including phenoxy) is 1. The summed E-state index contributed by atoms with van der Waals surface area (Å²) in [6, 6.07) is 0. The highest BCUT2D eigenvalue weighted by Crippen LogP contribution is 2.15. The van der Waals surface area contributed by atoms with Crippen molar-refractivity contribution in [3.63, 3.8) is 0 Å². The summed E-state index contributed by atoms with van der Waals surface area (Å²) in [6.07, 6.45) is 1.66. The van der Waals surface area contributed by atoms with Crippen molar-refractivity contribution in [2.24, 2.45) is 5.92 Å². The molecular formula is C10H16O4. The van der Waals surface area contributed by atoms with Gasteiger partial charge in [0.15, 0.2) is 0 Å². The first-order valence-corrected chi connectivity index (χ1v) is 4.58. The Kier molecular flexibility index (Phi) is 5.60. The molecule has 0 aliphatic rings. The van der Waals surface area contributed by atoms with Crippen LogP contribution in [-0.2, 0) is 14.3 Å². The summed E-state index contributed by atoms with van der Waals surface area (Å²) in [5, 5.41) is 8.84. The second-order valence-corrected chi connectivity index (χ2v) is 3.08. The number of hydrogen-bond acceptors (Lipinski definition) is 3. The first-order chi connectivity index (χ1) is 6.52. The topological polar surface area (TPSA) is 63.6 Å². The van der Waals surface area contributed by atoms with Gasteiger partial charge in [-0.2, -0.15) is 0 Å². The van der Waals surface area contributed by atoms with E-state index in [0.29, 0.717) is 6.42 Å². The van der Waals surface area contributed by atoms with Crippen molar-refractivity contribution in [3.05, 3.63) is 12.7 Å². The summed E-state index contributed by atoms with van der Waals surface area (Å²) < 4.78 is 4.84. The van der Waals surface area contributed by atoms with Crippen LogP contribution < -0.4 is 0 Å². The zero-order valence-corrected chi connectivity index (χ0v) is 8.53. The summed E-state index contributed by atoms with van der Waals surface area (Å²) in [5.74, 6) is -2.15. The van der Waals surface area contributed by atoms with E-state index in [0.717, 1.165) is 12.5 Å². The normalized spacial score (nSPS) is 14.1. The zero-order chi connectivity index (χ0) is 11.1. The van der Waals surface area contributed by atoms with Gasteiger partial charge in [-0.3, -0.25) is 4.79 Å². The molecule has 0 rings (SSSR count). The average molecular weight is 200 g/mol. The van der Waals surface area contributed by atoms with Crippen LogP contribution in [0.2, 0.25) is 0 Å². The van der Waals surface area contributed by atoms with Gasteiger partial charge in [-0.15, -0.1) is 0 Å². The van der Waals surface area contributed by atoms with E-state index in [-0.39, 0.29) is 0 Å². The Morgan fingerprint density at radius 3 is 2.50 bits per heavy atom. The lowest BCUT2D eigenvalue weighted by atomic mass is 9.98. The van der Waals surface area contributed by atoms with Crippen LogP contribution in [0.15, 0.2) is 12.7 Å². The molecule has 0 radical (unpaired) electrons. The Morgan fingerprint density at radius 1 is 1.57 bits per heavy atom. The van der Waals surface area contributed by atoms with Crippen LogP contribution in [0, 0.1) is 5.92 Å². The van der Waals surface area contributed by atoms with Crippen LogP contribution in [0.4, 0.5) is 0 Å². The van der Waals surface area contributed by atoms with Gasteiger partial charge in [-0.25, -0.2) is 4.79 Å². The van der Waals surface area contributed by atoms with Gasteiger partial charge >= 0.3 is 11.9 Å². The fraction of sp³-hybridized carbons (Fsp3) is 0.600. The Morgan fingerprint density at radius 2 is 2.14 bits per heavy atom. The molecule has 0 fully saturated rings. The molecule has 0 bridgehead atoms. The van der Waals surface area contributed by atoms with E-state index in [1.54, 1.807) is 6.92 Å². The molecule has 2 unspecified atom stereocenters. The van der Waals surface area contributed by atoms with Gasteiger partial charge in [0.2, 0.25) is 0 Å². The van der Waals surface area contributed by atoms with Gasteiger partial charge < -0.3 is 9.84 Å². The minimum Gasteiger partial charge on any atom is -0.481 e. The van der Waals surface area contributed by atoms with E-state index < -0.39 is 24.0 Å². The standard InChI is InChI=1S/C10H16O4/c1-4-6-8(10(12)13)7(3)14-9(11)5-2/h5,7-8H,2,4,6H2,1,3H3,(H,12,13). The predicted molar refractivity (Wildman–Crippen MR) is 51.8 cm³/mol. The first kappa shape index (κ1) is 12.7. The van der Waals surface area contributed by atoms with Crippen molar-refractivity contribution in [2.75, 3.05) is 0 Å². The lowest BCUT2D eigenvalue weighted by Crippen LogP contribution is -2.29. The maximum Gasteiger partial charge on any atom is 0.330 e. The minimum absolute atomic E-state index is 0.501. The van der Waals surface area contributed by atoms with Crippen LogP contribution in [-0.4, -0.2) is 23.1 Å². The molecule has 4 nitrogen and oxygen atoms in total. The molecule has 0 aliphatic heterocycles. The number of hydrogen-bond donors (Lipinski definition) is 1. The van der Waals surface area contributed by atoms with Gasteiger partial charge in [0, 0.05) is 6.08 Å². The molecule has 0 aliphatic carbocycles. The highest BCUT2D eigenvalue weighted by atomic mass is 16.5. The largest absolute Gasteiger partial charge is 0.481 e. The second-order valence-electron chi connectivity index (χ2n) is 3.08. The molecule has 80 valence electrons. The van der Waals surface area contributed by atoms with Crippen molar-refractivity contribution in [1.82, 2.24) is 0 Å². The third-order valence-corrected chi connectivity index (χ3v) is 1.95. The van der Waals surface area contributed by atoms with Crippen LogP contribution >= 0.6 is 0 Å². The van der Waals surface area contributed by atoms with Crippen molar-refractivity contribution >= 4 is 11.9 Å². The first-order valence-electron chi connectivity index (χ1n) is 4.58.